The van der Waals surface area contributed by atoms with Crippen LogP contribution in [0.4, 0.5) is 0 Å². The van der Waals surface area contributed by atoms with Gasteiger partial charge in [-0.05, 0) is 17.7 Å². The van der Waals surface area contributed by atoms with Crippen LogP contribution in [0.3, 0.4) is 0 Å². The summed E-state index contributed by atoms with van der Waals surface area (Å²) in [5.74, 6) is 0.232. The Morgan fingerprint density at radius 2 is 1.38 bits per heavy atom. The monoisotopic (exact) mass is 405 g/mol. The molecule has 0 aliphatic rings. The van der Waals surface area contributed by atoms with Crippen molar-refractivity contribution in [3.8, 4) is 22.6 Å². The van der Waals surface area contributed by atoms with Crippen molar-refractivity contribution in [3.63, 3.8) is 0 Å². The first kappa shape index (κ1) is 16.6. The van der Waals surface area contributed by atoms with Crippen LogP contribution in [-0.2, 0) is 6.54 Å². The Morgan fingerprint density at radius 1 is 0.769 bits per heavy atom. The van der Waals surface area contributed by atoms with Gasteiger partial charge in [0.25, 0.3) is 0 Å². The van der Waals surface area contributed by atoms with Crippen LogP contribution in [0.25, 0.3) is 22.6 Å². The van der Waals surface area contributed by atoms with Crippen LogP contribution in [0.1, 0.15) is 5.56 Å². The number of hydrogen-bond acceptors (Lipinski definition) is 2. The zero-order valence-electron chi connectivity index (χ0n) is 13.9. The molecule has 0 atom stereocenters. The van der Waals surface area contributed by atoms with E-state index in [2.05, 4.69) is 15.9 Å². The van der Waals surface area contributed by atoms with E-state index >= 15 is 0 Å². The highest BCUT2D eigenvalue weighted by Gasteiger charge is 2.20. The summed E-state index contributed by atoms with van der Waals surface area (Å²) >= 11 is 3.45. The number of aromatic nitrogens is 1. The normalized spacial score (nSPS) is 10.8. The van der Waals surface area contributed by atoms with Gasteiger partial charge in [-0.1, -0.05) is 88.7 Å². The molecule has 0 fully saturated rings. The van der Waals surface area contributed by atoms with E-state index in [9.17, 15) is 4.79 Å². The molecule has 0 spiro atoms. The Hall–Kier alpha value is -2.85. The summed E-state index contributed by atoms with van der Waals surface area (Å²) in [7, 11) is 0. The van der Waals surface area contributed by atoms with Crippen LogP contribution in [0, 0.1) is 0 Å². The van der Waals surface area contributed by atoms with Gasteiger partial charge in [0.15, 0.2) is 5.76 Å². The average Bonchev–Trinajstić information content (AvgIpc) is 3.00. The number of benzene rings is 3. The molecule has 1 heterocycles. The van der Waals surface area contributed by atoms with E-state index in [1.54, 1.807) is 4.57 Å². The second kappa shape index (κ2) is 7.18. The fourth-order valence-corrected chi connectivity index (χ4v) is 3.26. The minimum atomic E-state index is -0.356. The molecular weight excluding hydrogens is 390 g/mol. The van der Waals surface area contributed by atoms with Crippen molar-refractivity contribution in [1.82, 2.24) is 4.57 Å². The third kappa shape index (κ3) is 3.28. The molecule has 4 rings (SSSR count). The summed E-state index contributed by atoms with van der Waals surface area (Å²) in [5, 5.41) is 0. The largest absolute Gasteiger partial charge is 0.420 e. The second-order valence-corrected chi connectivity index (χ2v) is 6.91. The Kier molecular flexibility index (Phi) is 4.59. The van der Waals surface area contributed by atoms with Gasteiger partial charge in [-0.25, -0.2) is 4.79 Å². The highest BCUT2D eigenvalue weighted by molar-refractivity contribution is 9.10. The van der Waals surface area contributed by atoms with Crippen molar-refractivity contribution in [2.45, 2.75) is 6.54 Å². The van der Waals surface area contributed by atoms with Crippen LogP contribution in [-0.4, -0.2) is 4.57 Å². The SMILES string of the molecule is O=c1oc(-c2ccc(Br)cc2)c(-c2ccccc2)n1Cc1ccccc1. The first-order valence-electron chi connectivity index (χ1n) is 8.31. The van der Waals surface area contributed by atoms with Crippen LogP contribution in [0.2, 0.25) is 0 Å². The van der Waals surface area contributed by atoms with Crippen LogP contribution >= 0.6 is 15.9 Å². The summed E-state index contributed by atoms with van der Waals surface area (Å²) < 4.78 is 8.37. The van der Waals surface area contributed by atoms with Gasteiger partial charge < -0.3 is 4.42 Å². The summed E-state index contributed by atoms with van der Waals surface area (Å²) in [6.07, 6.45) is 0. The fraction of sp³-hybridized carbons (Fsp3) is 0.0455. The number of halogens is 1. The summed E-state index contributed by atoms with van der Waals surface area (Å²) in [6.45, 7) is 0.462. The zero-order valence-corrected chi connectivity index (χ0v) is 15.5. The smallest absolute Gasteiger partial charge is 0.407 e. The first-order valence-corrected chi connectivity index (χ1v) is 9.10. The van der Waals surface area contributed by atoms with Gasteiger partial charge in [-0.2, -0.15) is 0 Å². The molecule has 26 heavy (non-hydrogen) atoms. The van der Waals surface area contributed by atoms with Gasteiger partial charge in [0.2, 0.25) is 0 Å². The van der Waals surface area contributed by atoms with Gasteiger partial charge in [-0.3, -0.25) is 4.57 Å². The molecule has 0 amide bonds. The average molecular weight is 406 g/mol. The Bertz CT molecular complexity index is 1060. The maximum atomic E-state index is 12.7. The molecule has 0 saturated heterocycles. The third-order valence-electron chi connectivity index (χ3n) is 4.23. The Labute approximate surface area is 159 Å². The number of nitrogens with zero attached hydrogens (tertiary/aromatic N) is 1. The second-order valence-electron chi connectivity index (χ2n) is 5.99. The molecule has 0 unspecified atom stereocenters. The minimum Gasteiger partial charge on any atom is -0.407 e. The first-order chi connectivity index (χ1) is 12.7. The lowest BCUT2D eigenvalue weighted by molar-refractivity contribution is 0.497. The minimum absolute atomic E-state index is 0.356. The van der Waals surface area contributed by atoms with E-state index in [-0.39, 0.29) is 5.76 Å². The predicted octanol–water partition coefficient (Wildman–Crippen LogP) is 5.59. The topological polar surface area (TPSA) is 35.1 Å². The molecule has 4 aromatic rings. The number of hydrogen-bond donors (Lipinski definition) is 0. The zero-order chi connectivity index (χ0) is 17.9. The van der Waals surface area contributed by atoms with Crippen molar-refractivity contribution in [1.29, 1.82) is 0 Å². The molecule has 0 aliphatic carbocycles. The van der Waals surface area contributed by atoms with Gasteiger partial charge in [0.1, 0.15) is 0 Å². The molecule has 3 aromatic carbocycles. The quantitative estimate of drug-likeness (QED) is 0.443. The van der Waals surface area contributed by atoms with Crippen molar-refractivity contribution in [2.24, 2.45) is 0 Å². The Morgan fingerprint density at radius 3 is 2.04 bits per heavy atom. The third-order valence-corrected chi connectivity index (χ3v) is 4.76. The maximum Gasteiger partial charge on any atom is 0.420 e. The molecule has 3 nitrogen and oxygen atoms in total. The van der Waals surface area contributed by atoms with E-state index in [0.29, 0.717) is 12.3 Å². The van der Waals surface area contributed by atoms with Gasteiger partial charge in [-0.15, -0.1) is 0 Å². The summed E-state index contributed by atoms with van der Waals surface area (Å²) in [5.41, 5.74) is 3.67. The molecule has 4 heteroatoms. The van der Waals surface area contributed by atoms with E-state index < -0.39 is 0 Å². The molecule has 0 N–H and O–H groups in total. The van der Waals surface area contributed by atoms with Crippen LogP contribution in [0.15, 0.2) is 98.6 Å². The van der Waals surface area contributed by atoms with E-state index in [1.807, 2.05) is 84.9 Å². The predicted molar refractivity (Wildman–Crippen MR) is 107 cm³/mol. The van der Waals surface area contributed by atoms with Crippen molar-refractivity contribution in [2.75, 3.05) is 0 Å². The summed E-state index contributed by atoms with van der Waals surface area (Å²) in [4.78, 5) is 12.7. The Balaban J connectivity index is 1.91. The van der Waals surface area contributed by atoms with Gasteiger partial charge in [0.05, 0.1) is 12.2 Å². The fourth-order valence-electron chi connectivity index (χ4n) is 2.99. The molecule has 1 aromatic heterocycles. The lowest BCUT2D eigenvalue weighted by Crippen LogP contribution is -2.16. The van der Waals surface area contributed by atoms with Gasteiger partial charge in [0, 0.05) is 15.6 Å². The number of rotatable bonds is 4. The summed E-state index contributed by atoms with van der Waals surface area (Å²) in [6, 6.07) is 27.6. The van der Waals surface area contributed by atoms with E-state index in [4.69, 9.17) is 4.42 Å². The number of oxazole rings is 1. The van der Waals surface area contributed by atoms with Crippen molar-refractivity contribution in [3.05, 3.63) is 106 Å². The van der Waals surface area contributed by atoms with Crippen molar-refractivity contribution >= 4 is 15.9 Å². The van der Waals surface area contributed by atoms with E-state index in [1.165, 1.54) is 0 Å². The van der Waals surface area contributed by atoms with Crippen molar-refractivity contribution < 1.29 is 4.42 Å². The van der Waals surface area contributed by atoms with Crippen LogP contribution in [0.5, 0.6) is 0 Å². The molecule has 0 saturated carbocycles. The lowest BCUT2D eigenvalue weighted by Gasteiger charge is -2.09. The molecule has 128 valence electrons. The van der Waals surface area contributed by atoms with Crippen LogP contribution < -0.4 is 5.76 Å². The molecule has 0 aliphatic heterocycles. The van der Waals surface area contributed by atoms with Gasteiger partial charge >= 0.3 is 5.76 Å². The molecule has 0 bridgehead atoms. The highest BCUT2D eigenvalue weighted by Crippen LogP contribution is 2.32. The highest BCUT2D eigenvalue weighted by atomic mass is 79.9. The maximum absolute atomic E-state index is 12.7. The standard InChI is InChI=1S/C22H16BrNO2/c23-19-13-11-18(12-14-19)21-20(17-9-5-2-6-10-17)24(22(25)26-21)15-16-7-3-1-4-8-16/h1-14H,15H2. The lowest BCUT2D eigenvalue weighted by atomic mass is 10.1. The molecular formula is C22H16BrNO2. The molecule has 0 radical (unpaired) electrons. The van der Waals surface area contributed by atoms with E-state index in [0.717, 1.165) is 26.9 Å².